The van der Waals surface area contributed by atoms with Gasteiger partial charge in [0.05, 0.1) is 5.41 Å². The maximum absolute atomic E-state index is 6.62. The van der Waals surface area contributed by atoms with Crippen LogP contribution in [0.25, 0.3) is 22.3 Å². The van der Waals surface area contributed by atoms with E-state index in [0.717, 1.165) is 41.4 Å². The lowest BCUT2D eigenvalue weighted by Gasteiger charge is -2.35. The molecule has 0 amide bonds. The third kappa shape index (κ3) is 6.83. The highest BCUT2D eigenvalue weighted by Crippen LogP contribution is 2.58. The van der Waals surface area contributed by atoms with Crippen molar-refractivity contribution in [3.63, 3.8) is 0 Å². The van der Waals surface area contributed by atoms with Crippen molar-refractivity contribution >= 4 is 17.1 Å². The normalized spacial score (nSPS) is 16.6. The summed E-state index contributed by atoms with van der Waals surface area (Å²) in [4.78, 5) is 2.44. The summed E-state index contributed by atoms with van der Waals surface area (Å²) in [6.45, 7) is 9.42. The van der Waals surface area contributed by atoms with Gasteiger partial charge in [-0.3, -0.25) is 0 Å². The van der Waals surface area contributed by atoms with E-state index in [9.17, 15) is 0 Å². The third-order valence-electron chi connectivity index (χ3n) is 15.8. The third-order valence-corrected chi connectivity index (χ3v) is 15.8. The van der Waals surface area contributed by atoms with Gasteiger partial charge in [-0.1, -0.05) is 179 Å². The van der Waals surface area contributed by atoms with Gasteiger partial charge in [-0.25, -0.2) is 0 Å². The van der Waals surface area contributed by atoms with E-state index in [1.165, 1.54) is 85.2 Å². The molecule has 0 N–H and O–H groups in total. The Morgan fingerprint density at radius 3 is 1.63 bits per heavy atom. The number of anilines is 3. The van der Waals surface area contributed by atoms with Crippen LogP contribution in [0, 0.1) is 0 Å². The monoisotopic (exact) mass is 879 g/mol. The molecule has 332 valence electrons. The van der Waals surface area contributed by atoms with Gasteiger partial charge in [0.1, 0.15) is 11.5 Å². The van der Waals surface area contributed by atoms with Crippen LogP contribution < -0.4 is 9.64 Å². The number of ether oxygens (including phenoxy) is 1. The average molecular weight is 880 g/mol. The summed E-state index contributed by atoms with van der Waals surface area (Å²) in [5, 5.41) is 0. The summed E-state index contributed by atoms with van der Waals surface area (Å²) in [6.07, 6.45) is 4.76. The molecule has 68 heavy (non-hydrogen) atoms. The lowest BCUT2D eigenvalue weighted by molar-refractivity contribution is 0.481. The minimum absolute atomic E-state index is 0.119. The van der Waals surface area contributed by atoms with Gasteiger partial charge in [0, 0.05) is 22.5 Å². The number of para-hydroxylation sites is 1. The van der Waals surface area contributed by atoms with Crippen LogP contribution in [0.1, 0.15) is 108 Å². The van der Waals surface area contributed by atoms with Crippen LogP contribution in [0.5, 0.6) is 11.5 Å². The number of fused-ring (bicyclic) bond motifs is 7. The molecule has 0 radical (unpaired) electrons. The first-order valence-corrected chi connectivity index (χ1v) is 24.7. The van der Waals surface area contributed by atoms with Gasteiger partial charge in [-0.15, -0.1) is 0 Å². The first-order valence-electron chi connectivity index (χ1n) is 24.7. The molecule has 12 rings (SSSR count). The van der Waals surface area contributed by atoms with Crippen LogP contribution >= 0.6 is 0 Å². The highest BCUT2D eigenvalue weighted by atomic mass is 16.5. The molecule has 0 bridgehead atoms. The van der Waals surface area contributed by atoms with E-state index in [0.29, 0.717) is 11.8 Å². The number of aryl methyl sites for hydroxylation is 2. The molecular formula is C66H57NO. The highest BCUT2D eigenvalue weighted by molar-refractivity contribution is 5.90. The largest absolute Gasteiger partial charge is 0.457 e. The maximum atomic E-state index is 6.62. The minimum atomic E-state index is -0.583. The molecule has 3 atom stereocenters. The molecule has 0 saturated heterocycles. The lowest BCUT2D eigenvalue weighted by atomic mass is 9.67. The van der Waals surface area contributed by atoms with Crippen molar-refractivity contribution in [2.45, 2.75) is 76.0 Å². The smallest absolute Gasteiger partial charge is 0.127 e. The Bertz CT molecular complexity index is 3310. The lowest BCUT2D eigenvalue weighted by Crippen LogP contribution is -2.28. The molecule has 2 nitrogen and oxygen atoms in total. The molecule has 0 heterocycles. The van der Waals surface area contributed by atoms with E-state index >= 15 is 0 Å². The summed E-state index contributed by atoms with van der Waals surface area (Å²) in [7, 11) is 0. The summed E-state index contributed by atoms with van der Waals surface area (Å²) in [6, 6.07) is 78.9. The van der Waals surface area contributed by atoms with Gasteiger partial charge in [0.2, 0.25) is 0 Å². The SMILES string of the molecule is CCC(CC(C)c1ccc(Oc2ccc(C3(c4ccccc4)c4ccccc4-c4ccc(N(c5ccccc5)c5ccc6c(c5)C(C)(C)c5ccccc5-6)cc43)cc2)cc1)c1ccc2c(c1)CC2. The van der Waals surface area contributed by atoms with Crippen molar-refractivity contribution in [1.29, 1.82) is 0 Å². The zero-order valence-electron chi connectivity index (χ0n) is 39.5. The molecule has 0 saturated carbocycles. The molecule has 3 aliphatic rings. The standard InChI is InChI=1S/C66H57NO/c1-5-45(48-26-24-47-25-27-49(47)41-48)40-44(2)46-28-34-55(35-29-46)68-56-36-30-51(31-37-56)66(50-16-8-6-9-17-50)62-23-15-13-21-58(62)60-39-33-54(43-64(60)66)67(52-18-10-7-11-19-52)53-32-38-59-57-20-12-14-22-61(57)65(3,4)63(59)42-53/h6-24,26,28-39,41-45H,5,25,27,40H2,1-4H3. The van der Waals surface area contributed by atoms with Crippen molar-refractivity contribution < 1.29 is 4.74 Å². The molecule has 0 fully saturated rings. The van der Waals surface area contributed by atoms with Gasteiger partial charge in [0.25, 0.3) is 0 Å². The van der Waals surface area contributed by atoms with Crippen LogP contribution in [0.3, 0.4) is 0 Å². The first-order chi connectivity index (χ1) is 33.3. The van der Waals surface area contributed by atoms with Crippen molar-refractivity contribution in [2.24, 2.45) is 0 Å². The zero-order valence-corrected chi connectivity index (χ0v) is 39.5. The average Bonchev–Trinajstić information content (AvgIpc) is 3.79. The van der Waals surface area contributed by atoms with Gasteiger partial charge < -0.3 is 9.64 Å². The van der Waals surface area contributed by atoms with Gasteiger partial charge in [0.15, 0.2) is 0 Å². The van der Waals surface area contributed by atoms with Crippen molar-refractivity contribution in [1.82, 2.24) is 0 Å². The summed E-state index contributed by atoms with van der Waals surface area (Å²) < 4.78 is 6.62. The topological polar surface area (TPSA) is 12.5 Å². The first kappa shape index (κ1) is 42.0. The molecule has 9 aromatic carbocycles. The maximum Gasteiger partial charge on any atom is 0.127 e. The van der Waals surface area contributed by atoms with E-state index in [1.54, 1.807) is 5.56 Å². The molecule has 3 aliphatic carbocycles. The predicted molar refractivity (Wildman–Crippen MR) is 282 cm³/mol. The Labute approximate surface area is 402 Å². The number of nitrogens with zero attached hydrogens (tertiary/aromatic N) is 1. The molecule has 0 aliphatic heterocycles. The van der Waals surface area contributed by atoms with E-state index in [4.69, 9.17) is 4.74 Å². The Balaban J connectivity index is 0.901. The summed E-state index contributed by atoms with van der Waals surface area (Å²) in [5.41, 5.74) is 21.5. The van der Waals surface area contributed by atoms with Crippen LogP contribution in [-0.4, -0.2) is 0 Å². The Morgan fingerprint density at radius 2 is 0.985 bits per heavy atom. The molecule has 0 aromatic heterocycles. The van der Waals surface area contributed by atoms with Crippen LogP contribution in [0.2, 0.25) is 0 Å². The van der Waals surface area contributed by atoms with Gasteiger partial charge >= 0.3 is 0 Å². The quantitative estimate of drug-likeness (QED) is 0.121. The number of hydrogen-bond donors (Lipinski definition) is 0. The minimum Gasteiger partial charge on any atom is -0.457 e. The highest BCUT2D eigenvalue weighted by Gasteiger charge is 2.46. The van der Waals surface area contributed by atoms with E-state index < -0.39 is 5.41 Å². The van der Waals surface area contributed by atoms with Crippen molar-refractivity contribution in [3.05, 3.63) is 268 Å². The van der Waals surface area contributed by atoms with E-state index in [-0.39, 0.29) is 5.41 Å². The molecular weight excluding hydrogens is 823 g/mol. The van der Waals surface area contributed by atoms with Crippen LogP contribution in [0.15, 0.2) is 212 Å². The van der Waals surface area contributed by atoms with E-state index in [1.807, 2.05) is 0 Å². The molecule has 9 aromatic rings. The van der Waals surface area contributed by atoms with Crippen molar-refractivity contribution in [2.75, 3.05) is 4.90 Å². The Kier molecular flexibility index (Phi) is 10.3. The molecule has 3 unspecified atom stereocenters. The van der Waals surface area contributed by atoms with Crippen molar-refractivity contribution in [3.8, 4) is 33.8 Å². The fourth-order valence-corrected chi connectivity index (χ4v) is 12.1. The summed E-state index contributed by atoms with van der Waals surface area (Å²) in [5.74, 6) is 2.68. The summed E-state index contributed by atoms with van der Waals surface area (Å²) >= 11 is 0. The van der Waals surface area contributed by atoms with Crippen LogP contribution in [-0.2, 0) is 23.7 Å². The predicted octanol–water partition coefficient (Wildman–Crippen LogP) is 17.4. The number of benzene rings is 9. The Morgan fingerprint density at radius 1 is 0.456 bits per heavy atom. The fourth-order valence-electron chi connectivity index (χ4n) is 12.1. The second-order valence-corrected chi connectivity index (χ2v) is 19.9. The second kappa shape index (κ2) is 16.7. The fraction of sp³-hybridized carbons (Fsp3) is 0.182. The second-order valence-electron chi connectivity index (χ2n) is 19.9. The molecule has 2 heteroatoms. The number of hydrogen-bond acceptors (Lipinski definition) is 2. The van der Waals surface area contributed by atoms with E-state index in [2.05, 4.69) is 245 Å². The Hall–Kier alpha value is -7.42. The van der Waals surface area contributed by atoms with Crippen LogP contribution in [0.4, 0.5) is 17.1 Å². The number of rotatable bonds is 12. The molecule has 0 spiro atoms. The van der Waals surface area contributed by atoms with Gasteiger partial charge in [-0.05, 0) is 176 Å². The van der Waals surface area contributed by atoms with Gasteiger partial charge in [-0.2, -0.15) is 0 Å². The zero-order chi connectivity index (χ0) is 46.0.